The van der Waals surface area contributed by atoms with Crippen molar-refractivity contribution in [1.82, 2.24) is 15.3 Å². The predicted octanol–water partition coefficient (Wildman–Crippen LogP) is 1.59. The Morgan fingerprint density at radius 1 is 1.50 bits per heavy atom. The minimum absolute atomic E-state index is 0.201. The summed E-state index contributed by atoms with van der Waals surface area (Å²) in [5.41, 5.74) is 2.09. The molecule has 2 atom stereocenters. The zero-order valence-electron chi connectivity index (χ0n) is 9.57. The Labute approximate surface area is 94.7 Å². The van der Waals surface area contributed by atoms with Gasteiger partial charge in [0.25, 0.3) is 0 Å². The molecule has 0 aliphatic heterocycles. The summed E-state index contributed by atoms with van der Waals surface area (Å²) in [5.74, 6) is 0. The predicted molar refractivity (Wildman–Crippen MR) is 64.2 cm³/mol. The number of nitrogens with one attached hydrogen (secondary N) is 2. The van der Waals surface area contributed by atoms with E-state index in [4.69, 9.17) is 0 Å². The third-order valence-corrected chi connectivity index (χ3v) is 2.67. The highest BCUT2D eigenvalue weighted by molar-refractivity contribution is 5.79. The molecule has 0 aromatic carbocycles. The molecule has 0 bridgehead atoms. The second kappa shape index (κ2) is 4.63. The lowest BCUT2D eigenvalue weighted by Crippen LogP contribution is -2.26. The number of H-pyrrole nitrogens is 1. The molecule has 2 aromatic rings. The number of hydrogen-bond donors (Lipinski definition) is 3. The van der Waals surface area contributed by atoms with Gasteiger partial charge in [0.1, 0.15) is 5.65 Å². The van der Waals surface area contributed by atoms with Crippen LogP contribution in [0, 0.1) is 0 Å². The van der Waals surface area contributed by atoms with Gasteiger partial charge in [0.15, 0.2) is 0 Å². The van der Waals surface area contributed by atoms with Gasteiger partial charge in [-0.25, -0.2) is 4.98 Å². The van der Waals surface area contributed by atoms with Crippen LogP contribution in [0.15, 0.2) is 24.5 Å². The van der Waals surface area contributed by atoms with Gasteiger partial charge in [-0.15, -0.1) is 0 Å². The summed E-state index contributed by atoms with van der Waals surface area (Å²) in [6.07, 6.45) is 3.42. The van der Waals surface area contributed by atoms with Crippen LogP contribution in [-0.4, -0.2) is 27.7 Å². The molecular weight excluding hydrogens is 202 g/mol. The quantitative estimate of drug-likeness (QED) is 0.732. The topological polar surface area (TPSA) is 60.9 Å². The summed E-state index contributed by atoms with van der Waals surface area (Å²) in [5, 5.41) is 13.6. The van der Waals surface area contributed by atoms with E-state index in [1.54, 1.807) is 13.1 Å². The second-order valence-electron chi connectivity index (χ2n) is 4.12. The zero-order valence-corrected chi connectivity index (χ0v) is 9.57. The summed E-state index contributed by atoms with van der Waals surface area (Å²) in [7, 11) is 0. The first-order chi connectivity index (χ1) is 7.68. The lowest BCUT2D eigenvalue weighted by atomic mass is 10.1. The maximum absolute atomic E-state index is 9.23. The Balaban J connectivity index is 2.19. The molecule has 16 heavy (non-hydrogen) atoms. The SMILES string of the molecule is CC(NC[C@@H](C)O)c1c[nH]c2ncccc12. The molecule has 2 aromatic heterocycles. The third-order valence-electron chi connectivity index (χ3n) is 2.67. The van der Waals surface area contributed by atoms with Gasteiger partial charge >= 0.3 is 0 Å². The van der Waals surface area contributed by atoms with Crippen molar-refractivity contribution >= 4 is 11.0 Å². The normalized spacial score (nSPS) is 15.2. The van der Waals surface area contributed by atoms with Gasteiger partial charge in [-0.05, 0) is 31.5 Å². The number of nitrogens with zero attached hydrogens (tertiary/aromatic N) is 1. The fourth-order valence-corrected chi connectivity index (χ4v) is 1.79. The fourth-order valence-electron chi connectivity index (χ4n) is 1.79. The molecule has 1 unspecified atom stereocenters. The summed E-state index contributed by atoms with van der Waals surface area (Å²) in [6.45, 7) is 4.45. The van der Waals surface area contributed by atoms with E-state index in [2.05, 4.69) is 28.3 Å². The maximum atomic E-state index is 9.23. The summed E-state index contributed by atoms with van der Waals surface area (Å²) >= 11 is 0. The van der Waals surface area contributed by atoms with Crippen LogP contribution < -0.4 is 5.32 Å². The molecule has 86 valence electrons. The number of aliphatic hydroxyl groups is 1. The van der Waals surface area contributed by atoms with Crippen LogP contribution in [0.5, 0.6) is 0 Å². The lowest BCUT2D eigenvalue weighted by molar-refractivity contribution is 0.187. The molecular formula is C12H17N3O. The molecule has 2 rings (SSSR count). The van der Waals surface area contributed by atoms with Crippen LogP contribution >= 0.6 is 0 Å². The number of aromatic nitrogens is 2. The highest BCUT2D eigenvalue weighted by atomic mass is 16.3. The van der Waals surface area contributed by atoms with Gasteiger partial charge in [-0.1, -0.05) is 0 Å². The average Bonchev–Trinajstić information content (AvgIpc) is 2.69. The average molecular weight is 219 g/mol. The van der Waals surface area contributed by atoms with Crippen molar-refractivity contribution in [2.24, 2.45) is 0 Å². The number of rotatable bonds is 4. The van der Waals surface area contributed by atoms with Crippen LogP contribution in [0.25, 0.3) is 11.0 Å². The van der Waals surface area contributed by atoms with E-state index in [0.29, 0.717) is 6.54 Å². The summed E-state index contributed by atoms with van der Waals surface area (Å²) in [4.78, 5) is 7.39. The minimum Gasteiger partial charge on any atom is -0.392 e. The van der Waals surface area contributed by atoms with Gasteiger partial charge in [0.05, 0.1) is 6.10 Å². The smallest absolute Gasteiger partial charge is 0.137 e. The van der Waals surface area contributed by atoms with Crippen molar-refractivity contribution in [2.75, 3.05) is 6.54 Å². The van der Waals surface area contributed by atoms with E-state index >= 15 is 0 Å². The monoisotopic (exact) mass is 219 g/mol. The third kappa shape index (κ3) is 2.23. The van der Waals surface area contributed by atoms with Gasteiger partial charge in [0.2, 0.25) is 0 Å². The highest BCUT2D eigenvalue weighted by Crippen LogP contribution is 2.22. The van der Waals surface area contributed by atoms with E-state index in [9.17, 15) is 5.11 Å². The van der Waals surface area contributed by atoms with E-state index in [0.717, 1.165) is 11.0 Å². The van der Waals surface area contributed by atoms with E-state index in [1.165, 1.54) is 5.56 Å². The van der Waals surface area contributed by atoms with E-state index in [1.807, 2.05) is 12.3 Å². The van der Waals surface area contributed by atoms with E-state index < -0.39 is 0 Å². The van der Waals surface area contributed by atoms with Gasteiger partial charge in [-0.3, -0.25) is 0 Å². The molecule has 0 amide bonds. The molecule has 2 heterocycles. The molecule has 0 spiro atoms. The molecule has 0 fully saturated rings. The minimum atomic E-state index is -0.328. The molecule has 0 saturated heterocycles. The number of aliphatic hydroxyl groups excluding tert-OH is 1. The first kappa shape index (κ1) is 11.1. The van der Waals surface area contributed by atoms with E-state index in [-0.39, 0.29) is 12.1 Å². The number of aromatic amines is 1. The Hall–Kier alpha value is -1.39. The molecule has 4 heteroatoms. The molecule has 0 radical (unpaired) electrons. The second-order valence-corrected chi connectivity index (χ2v) is 4.12. The highest BCUT2D eigenvalue weighted by Gasteiger charge is 2.11. The molecule has 4 nitrogen and oxygen atoms in total. The van der Waals surface area contributed by atoms with Crippen molar-refractivity contribution in [1.29, 1.82) is 0 Å². The first-order valence-electron chi connectivity index (χ1n) is 5.52. The van der Waals surface area contributed by atoms with Crippen LogP contribution in [0.4, 0.5) is 0 Å². The number of hydrogen-bond acceptors (Lipinski definition) is 3. The van der Waals surface area contributed by atoms with Crippen LogP contribution in [0.2, 0.25) is 0 Å². The Kier molecular flexibility index (Phi) is 3.22. The lowest BCUT2D eigenvalue weighted by Gasteiger charge is -2.14. The van der Waals surface area contributed by atoms with Gasteiger partial charge < -0.3 is 15.4 Å². The Morgan fingerprint density at radius 3 is 3.06 bits per heavy atom. The van der Waals surface area contributed by atoms with Crippen LogP contribution in [0.1, 0.15) is 25.5 Å². The van der Waals surface area contributed by atoms with Crippen molar-refractivity contribution in [3.05, 3.63) is 30.1 Å². The molecule has 0 aliphatic carbocycles. The van der Waals surface area contributed by atoms with Crippen LogP contribution in [-0.2, 0) is 0 Å². The Morgan fingerprint density at radius 2 is 2.31 bits per heavy atom. The first-order valence-corrected chi connectivity index (χ1v) is 5.52. The zero-order chi connectivity index (χ0) is 11.5. The van der Waals surface area contributed by atoms with Crippen LogP contribution in [0.3, 0.4) is 0 Å². The number of fused-ring (bicyclic) bond motifs is 1. The van der Waals surface area contributed by atoms with Gasteiger partial charge in [-0.2, -0.15) is 0 Å². The summed E-state index contributed by atoms with van der Waals surface area (Å²) < 4.78 is 0. The maximum Gasteiger partial charge on any atom is 0.137 e. The molecule has 0 saturated carbocycles. The van der Waals surface area contributed by atoms with Crippen molar-refractivity contribution in [2.45, 2.75) is 26.0 Å². The van der Waals surface area contributed by atoms with Crippen molar-refractivity contribution in [3.8, 4) is 0 Å². The largest absolute Gasteiger partial charge is 0.392 e. The van der Waals surface area contributed by atoms with Gasteiger partial charge in [0, 0.05) is 30.4 Å². The number of pyridine rings is 1. The summed E-state index contributed by atoms with van der Waals surface area (Å²) in [6, 6.07) is 4.18. The Bertz CT molecular complexity index is 464. The van der Waals surface area contributed by atoms with Crippen molar-refractivity contribution in [3.63, 3.8) is 0 Å². The van der Waals surface area contributed by atoms with Crippen molar-refractivity contribution < 1.29 is 5.11 Å². The standard InChI is InChI=1S/C12H17N3O/c1-8(16)6-14-9(2)11-7-15-12-10(11)4-3-5-13-12/h3-5,7-9,14,16H,6H2,1-2H3,(H,13,15)/t8-,9?/m1/s1. The molecule has 0 aliphatic rings. The molecule has 3 N–H and O–H groups in total. The fraction of sp³-hybridized carbons (Fsp3) is 0.417.